The van der Waals surface area contributed by atoms with E-state index in [4.69, 9.17) is 38.5 Å². The quantitative estimate of drug-likeness (QED) is 0.415. The first-order chi connectivity index (χ1) is 3.81. The summed E-state index contributed by atoms with van der Waals surface area (Å²) in [6.45, 7) is 1.51. The summed E-state index contributed by atoms with van der Waals surface area (Å²) in [6.07, 6.45) is 0.0413. The van der Waals surface area contributed by atoms with Crippen molar-refractivity contribution in [1.82, 2.24) is 0 Å². The van der Waals surface area contributed by atoms with Crippen molar-refractivity contribution in [3.63, 3.8) is 0 Å². The van der Waals surface area contributed by atoms with E-state index in [0.29, 0.717) is 0 Å². The normalized spacial score (nSPS) is 14.0. The lowest BCUT2D eigenvalue weighted by molar-refractivity contribution is -0.319. The van der Waals surface area contributed by atoms with Crippen molar-refractivity contribution in [3.8, 4) is 0 Å². The maximum atomic E-state index is 8.39. The maximum Gasteiger partial charge on any atom is 0.310 e. The zero-order valence-electron chi connectivity index (χ0n) is 4.80. The molecule has 0 aromatic carbocycles. The Kier molecular flexibility index (Phi) is 2.73. The second-order valence-corrected chi connectivity index (χ2v) is 3.18. The Hall–Kier alpha value is 0.460. The summed E-state index contributed by atoms with van der Waals surface area (Å²) < 4.78 is -1.91. The highest BCUT2D eigenvalue weighted by atomic mass is 35.5. The third-order valence-corrected chi connectivity index (χ3v) is 1.98. The van der Waals surface area contributed by atoms with Crippen LogP contribution in [0.3, 0.4) is 0 Å². The topological polar surface area (TPSA) is 60.7 Å². The largest absolute Gasteiger partial charge is 0.341 e. The van der Waals surface area contributed by atoms with Gasteiger partial charge in [-0.1, -0.05) is 30.1 Å². The van der Waals surface area contributed by atoms with Gasteiger partial charge in [-0.2, -0.15) is 0 Å². The molecule has 56 valence electrons. The Bertz CT molecular complexity index is 96.5. The molecule has 0 aliphatic carbocycles. The van der Waals surface area contributed by atoms with E-state index in [9.17, 15) is 0 Å². The highest BCUT2D eigenvalue weighted by Crippen LogP contribution is 2.33. The van der Waals surface area contributed by atoms with Crippen LogP contribution in [-0.2, 0) is 0 Å². The third kappa shape index (κ3) is 2.27. The minimum atomic E-state index is -3.02. The number of hydrogen-bond donors (Lipinski definition) is 3. The second kappa shape index (κ2) is 2.60. The summed E-state index contributed by atoms with van der Waals surface area (Å²) >= 11 is 10.4. The van der Waals surface area contributed by atoms with Gasteiger partial charge in [-0.25, -0.2) is 0 Å². The van der Waals surface area contributed by atoms with E-state index >= 15 is 0 Å². The molecule has 0 heterocycles. The fraction of sp³-hybridized carbons (Fsp3) is 1.00. The molecule has 5 heteroatoms. The molecular weight excluding hydrogens is 167 g/mol. The Morgan fingerprint density at radius 1 is 1.22 bits per heavy atom. The predicted molar refractivity (Wildman–Crippen MR) is 34.1 cm³/mol. The molecule has 0 amide bonds. The highest BCUT2D eigenvalue weighted by Gasteiger charge is 2.44. The first-order valence-electron chi connectivity index (χ1n) is 2.36. The average molecular weight is 175 g/mol. The van der Waals surface area contributed by atoms with E-state index < -0.39 is 10.3 Å². The van der Waals surface area contributed by atoms with Crippen LogP contribution in [0.1, 0.15) is 13.3 Å². The lowest BCUT2D eigenvalue weighted by Crippen LogP contribution is -2.45. The van der Waals surface area contributed by atoms with E-state index in [-0.39, 0.29) is 6.42 Å². The van der Waals surface area contributed by atoms with Crippen molar-refractivity contribution in [3.05, 3.63) is 0 Å². The molecule has 0 unspecified atom stereocenters. The summed E-state index contributed by atoms with van der Waals surface area (Å²) in [7, 11) is 0. The minimum absolute atomic E-state index is 0.0413. The Labute approximate surface area is 62.8 Å². The first-order valence-corrected chi connectivity index (χ1v) is 3.12. The van der Waals surface area contributed by atoms with Gasteiger partial charge < -0.3 is 15.3 Å². The fourth-order valence-corrected chi connectivity index (χ4v) is 0.237. The summed E-state index contributed by atoms with van der Waals surface area (Å²) in [6, 6.07) is 0. The van der Waals surface area contributed by atoms with Crippen molar-refractivity contribution in [2.45, 2.75) is 23.7 Å². The zero-order valence-corrected chi connectivity index (χ0v) is 6.32. The van der Waals surface area contributed by atoms with Crippen LogP contribution in [0.25, 0.3) is 0 Å². The van der Waals surface area contributed by atoms with Crippen molar-refractivity contribution in [1.29, 1.82) is 0 Å². The van der Waals surface area contributed by atoms with Crippen molar-refractivity contribution >= 4 is 23.2 Å². The Morgan fingerprint density at radius 3 is 1.56 bits per heavy atom. The van der Waals surface area contributed by atoms with Crippen molar-refractivity contribution in [2.75, 3.05) is 0 Å². The lowest BCUT2D eigenvalue weighted by atomic mass is 10.3. The zero-order chi connectivity index (χ0) is 7.71. The van der Waals surface area contributed by atoms with Gasteiger partial charge >= 0.3 is 5.97 Å². The molecule has 0 radical (unpaired) electrons. The molecule has 0 aliphatic heterocycles. The average Bonchev–Trinajstić information content (AvgIpc) is 1.64. The molecule has 0 fully saturated rings. The Morgan fingerprint density at radius 2 is 1.56 bits per heavy atom. The first kappa shape index (κ1) is 9.46. The Balaban J connectivity index is 4.14. The fourth-order valence-electron chi connectivity index (χ4n) is 0.237. The van der Waals surface area contributed by atoms with Gasteiger partial charge in [-0.3, -0.25) is 0 Å². The van der Waals surface area contributed by atoms with Crippen LogP contribution in [0.15, 0.2) is 0 Å². The molecule has 0 bridgehead atoms. The molecule has 0 aliphatic rings. The smallest absolute Gasteiger partial charge is 0.310 e. The molecule has 9 heavy (non-hydrogen) atoms. The molecule has 3 nitrogen and oxygen atoms in total. The van der Waals surface area contributed by atoms with Crippen LogP contribution in [0.2, 0.25) is 0 Å². The van der Waals surface area contributed by atoms with Crippen LogP contribution < -0.4 is 0 Å². The second-order valence-electron chi connectivity index (χ2n) is 1.69. The molecular formula is C4H8Cl2O3. The molecule has 0 saturated heterocycles. The van der Waals surface area contributed by atoms with Gasteiger partial charge in [0.15, 0.2) is 4.33 Å². The monoisotopic (exact) mass is 174 g/mol. The molecule has 0 spiro atoms. The van der Waals surface area contributed by atoms with E-state index in [1.54, 1.807) is 0 Å². The number of aliphatic hydroxyl groups is 3. The van der Waals surface area contributed by atoms with Crippen LogP contribution >= 0.6 is 23.2 Å². The molecule has 3 N–H and O–H groups in total. The van der Waals surface area contributed by atoms with E-state index in [1.807, 2.05) is 0 Å². The van der Waals surface area contributed by atoms with Gasteiger partial charge in [0.25, 0.3) is 0 Å². The standard InChI is InChI=1S/C4H8Cl2O3/c1-2-3(5,6)4(7,8)9/h7-9H,2H2,1H3. The third-order valence-electron chi connectivity index (χ3n) is 0.935. The maximum absolute atomic E-state index is 8.39. The van der Waals surface area contributed by atoms with E-state index in [1.165, 1.54) is 6.92 Å². The van der Waals surface area contributed by atoms with E-state index in [0.717, 1.165) is 0 Å². The summed E-state index contributed by atoms with van der Waals surface area (Å²) in [5, 5.41) is 25.2. The van der Waals surface area contributed by atoms with Crippen LogP contribution in [0, 0.1) is 0 Å². The summed E-state index contributed by atoms with van der Waals surface area (Å²) in [5.41, 5.74) is 0. The summed E-state index contributed by atoms with van der Waals surface area (Å²) in [5.74, 6) is -3.02. The number of rotatable bonds is 2. The van der Waals surface area contributed by atoms with Gasteiger partial charge in [0.1, 0.15) is 0 Å². The van der Waals surface area contributed by atoms with Crippen LogP contribution in [0.5, 0.6) is 0 Å². The van der Waals surface area contributed by atoms with Crippen LogP contribution in [0.4, 0.5) is 0 Å². The van der Waals surface area contributed by atoms with Gasteiger partial charge in [-0.15, -0.1) is 0 Å². The van der Waals surface area contributed by atoms with Crippen LogP contribution in [-0.4, -0.2) is 25.6 Å². The van der Waals surface area contributed by atoms with Gasteiger partial charge in [0.05, 0.1) is 0 Å². The molecule has 0 atom stereocenters. The lowest BCUT2D eigenvalue weighted by Gasteiger charge is -2.26. The number of alkyl halides is 2. The van der Waals surface area contributed by atoms with Gasteiger partial charge in [0, 0.05) is 0 Å². The summed E-state index contributed by atoms with van der Waals surface area (Å²) in [4.78, 5) is 0. The van der Waals surface area contributed by atoms with Gasteiger partial charge in [-0.05, 0) is 6.42 Å². The minimum Gasteiger partial charge on any atom is -0.341 e. The highest BCUT2D eigenvalue weighted by molar-refractivity contribution is 6.48. The SMILES string of the molecule is CCC(Cl)(Cl)C(O)(O)O. The molecule has 0 aromatic rings. The number of halogens is 2. The number of hydrogen-bond acceptors (Lipinski definition) is 3. The molecule has 0 rings (SSSR count). The predicted octanol–water partition coefficient (Wildman–Crippen LogP) is 0.201. The van der Waals surface area contributed by atoms with Gasteiger partial charge in [0.2, 0.25) is 0 Å². The van der Waals surface area contributed by atoms with E-state index in [2.05, 4.69) is 0 Å². The van der Waals surface area contributed by atoms with Crippen molar-refractivity contribution < 1.29 is 15.3 Å². The van der Waals surface area contributed by atoms with Crippen molar-refractivity contribution in [2.24, 2.45) is 0 Å². The molecule has 0 aromatic heterocycles. The molecule has 0 saturated carbocycles.